The molecule has 1 heterocycles. The molecule has 2 aliphatic rings. The number of carbonyl (C=O) groups is 1. The summed E-state index contributed by atoms with van der Waals surface area (Å²) >= 11 is 7.83. The van der Waals surface area contributed by atoms with Gasteiger partial charge in [-0.15, -0.1) is 0 Å². The highest BCUT2D eigenvalue weighted by molar-refractivity contribution is 8.01. The Labute approximate surface area is 141 Å². The van der Waals surface area contributed by atoms with Crippen molar-refractivity contribution in [3.8, 4) is 0 Å². The summed E-state index contributed by atoms with van der Waals surface area (Å²) in [5.41, 5.74) is 2.88. The summed E-state index contributed by atoms with van der Waals surface area (Å²) in [5.74, 6) is 1.62. The van der Waals surface area contributed by atoms with Gasteiger partial charge in [0.05, 0.1) is 5.75 Å². The number of fused-ring (bicyclic) bond motifs is 3. The molecule has 1 amide bonds. The summed E-state index contributed by atoms with van der Waals surface area (Å²) in [5, 5.41) is 9.98. The second-order valence-electron chi connectivity index (χ2n) is 5.69. The predicted molar refractivity (Wildman–Crippen MR) is 90.9 cm³/mol. The lowest BCUT2D eigenvalue weighted by Gasteiger charge is -2.13. The SMILES string of the molecule is O=C(CSc1n[nH]c(=S)s1)N[C@@H]1[C@@H]2CCc3ccccc3[C@@H]21. The minimum Gasteiger partial charge on any atom is -0.352 e. The van der Waals surface area contributed by atoms with Crippen molar-refractivity contribution < 1.29 is 4.79 Å². The molecule has 0 aliphatic heterocycles. The number of rotatable bonds is 4. The number of hydrogen-bond acceptors (Lipinski definition) is 5. The Morgan fingerprint density at radius 3 is 3.18 bits per heavy atom. The first kappa shape index (κ1) is 14.4. The predicted octanol–water partition coefficient (Wildman–Crippen LogP) is 3.14. The summed E-state index contributed by atoms with van der Waals surface area (Å²) in [4.78, 5) is 12.1. The van der Waals surface area contributed by atoms with E-state index >= 15 is 0 Å². The van der Waals surface area contributed by atoms with Crippen LogP contribution in [-0.4, -0.2) is 27.9 Å². The van der Waals surface area contributed by atoms with Crippen molar-refractivity contribution in [3.05, 3.63) is 39.3 Å². The van der Waals surface area contributed by atoms with E-state index in [1.807, 2.05) is 0 Å². The lowest BCUT2D eigenvalue weighted by Crippen LogP contribution is -2.29. The molecule has 1 fully saturated rings. The number of aromatic nitrogens is 2. The van der Waals surface area contributed by atoms with Crippen LogP contribution < -0.4 is 5.32 Å². The maximum Gasteiger partial charge on any atom is 0.230 e. The molecule has 0 unspecified atom stereocenters. The second kappa shape index (κ2) is 5.79. The van der Waals surface area contributed by atoms with E-state index in [1.165, 1.54) is 40.6 Å². The third-order valence-corrected chi connectivity index (χ3v) is 6.63. The van der Waals surface area contributed by atoms with Gasteiger partial charge in [-0.05, 0) is 42.1 Å². The second-order valence-corrected chi connectivity index (χ2v) is 8.58. The standard InChI is InChI=1S/C15H15N3OS3/c19-11(7-21-15-18-17-14(20)22-15)16-13-10-6-5-8-3-1-2-4-9(8)12(10)13/h1-4,10,12-13H,5-7H2,(H,16,19)(H,17,20)/t10-,12+,13-/m1/s1. The van der Waals surface area contributed by atoms with Crippen LogP contribution >= 0.6 is 35.3 Å². The molecule has 1 aromatic heterocycles. The summed E-state index contributed by atoms with van der Waals surface area (Å²) in [7, 11) is 0. The quantitative estimate of drug-likeness (QED) is 0.658. The van der Waals surface area contributed by atoms with E-state index in [0.717, 1.165) is 10.8 Å². The lowest BCUT2D eigenvalue weighted by atomic mass is 9.92. The Morgan fingerprint density at radius 2 is 2.36 bits per heavy atom. The zero-order chi connectivity index (χ0) is 15.1. The number of aryl methyl sites for hydroxylation is 1. The fraction of sp³-hybridized carbons (Fsp3) is 0.400. The first-order valence-corrected chi connectivity index (χ1v) is 9.49. The molecule has 0 radical (unpaired) electrons. The molecule has 2 aromatic rings. The monoisotopic (exact) mass is 349 g/mol. The molecular formula is C15H15N3OS3. The molecule has 0 saturated heterocycles. The maximum atomic E-state index is 12.1. The van der Waals surface area contributed by atoms with Crippen molar-refractivity contribution in [1.82, 2.24) is 15.5 Å². The highest BCUT2D eigenvalue weighted by Crippen LogP contribution is 2.54. The average Bonchev–Trinajstić information content (AvgIpc) is 3.06. The van der Waals surface area contributed by atoms with Crippen LogP contribution in [0.2, 0.25) is 0 Å². The van der Waals surface area contributed by atoms with E-state index in [0.29, 0.717) is 27.6 Å². The summed E-state index contributed by atoms with van der Waals surface area (Å²) in [6, 6.07) is 8.94. The van der Waals surface area contributed by atoms with Gasteiger partial charge in [0.2, 0.25) is 5.91 Å². The first-order chi connectivity index (χ1) is 10.7. The molecule has 0 bridgehead atoms. The van der Waals surface area contributed by atoms with Gasteiger partial charge in [0.25, 0.3) is 0 Å². The van der Waals surface area contributed by atoms with Crippen LogP contribution in [-0.2, 0) is 11.2 Å². The highest BCUT2D eigenvalue weighted by atomic mass is 32.2. The number of nitrogens with zero attached hydrogens (tertiary/aromatic N) is 1. The number of aromatic amines is 1. The van der Waals surface area contributed by atoms with E-state index in [1.54, 1.807) is 0 Å². The Bertz CT molecular complexity index is 769. The van der Waals surface area contributed by atoms with E-state index in [2.05, 4.69) is 39.8 Å². The van der Waals surface area contributed by atoms with Gasteiger partial charge in [0, 0.05) is 12.0 Å². The van der Waals surface area contributed by atoms with Gasteiger partial charge < -0.3 is 5.32 Å². The van der Waals surface area contributed by atoms with E-state index in [-0.39, 0.29) is 5.91 Å². The molecule has 1 saturated carbocycles. The molecule has 4 rings (SSSR count). The van der Waals surface area contributed by atoms with Crippen LogP contribution in [0.25, 0.3) is 0 Å². The van der Waals surface area contributed by atoms with Gasteiger partial charge in [-0.25, -0.2) is 0 Å². The fourth-order valence-corrected chi connectivity index (χ4v) is 5.29. The average molecular weight is 350 g/mol. The van der Waals surface area contributed by atoms with Gasteiger partial charge >= 0.3 is 0 Å². The molecule has 1 aromatic carbocycles. The summed E-state index contributed by atoms with van der Waals surface area (Å²) in [6.45, 7) is 0. The first-order valence-electron chi connectivity index (χ1n) is 7.28. The van der Waals surface area contributed by atoms with E-state index in [9.17, 15) is 4.79 Å². The number of carbonyl (C=O) groups excluding carboxylic acids is 1. The normalized spacial score (nSPS) is 25.2. The minimum absolute atomic E-state index is 0.0861. The van der Waals surface area contributed by atoms with E-state index in [4.69, 9.17) is 12.2 Å². The smallest absolute Gasteiger partial charge is 0.230 e. The molecule has 114 valence electrons. The third kappa shape index (κ3) is 2.73. The molecule has 2 N–H and O–H groups in total. The topological polar surface area (TPSA) is 57.8 Å². The van der Waals surface area contributed by atoms with Gasteiger partial charge in [-0.2, -0.15) is 5.10 Å². The molecule has 2 aliphatic carbocycles. The molecule has 3 atom stereocenters. The Kier molecular flexibility index (Phi) is 3.79. The van der Waals surface area contributed by atoms with E-state index < -0.39 is 0 Å². The van der Waals surface area contributed by atoms with Crippen LogP contribution in [0.1, 0.15) is 23.5 Å². The van der Waals surface area contributed by atoms with Crippen LogP contribution in [0.3, 0.4) is 0 Å². The van der Waals surface area contributed by atoms with Gasteiger partial charge in [-0.3, -0.25) is 9.89 Å². The lowest BCUT2D eigenvalue weighted by molar-refractivity contribution is -0.118. The Morgan fingerprint density at radius 1 is 1.50 bits per heavy atom. The molecular weight excluding hydrogens is 334 g/mol. The zero-order valence-electron chi connectivity index (χ0n) is 11.7. The summed E-state index contributed by atoms with van der Waals surface area (Å²) in [6.07, 6.45) is 2.32. The molecule has 7 heteroatoms. The largest absolute Gasteiger partial charge is 0.352 e. The summed E-state index contributed by atoms with van der Waals surface area (Å²) < 4.78 is 1.46. The van der Waals surface area contributed by atoms with Crippen molar-refractivity contribution in [3.63, 3.8) is 0 Å². The number of hydrogen-bond donors (Lipinski definition) is 2. The third-order valence-electron chi connectivity index (χ3n) is 4.40. The number of H-pyrrole nitrogens is 1. The van der Waals surface area contributed by atoms with Crippen LogP contribution in [0.4, 0.5) is 0 Å². The van der Waals surface area contributed by atoms with Crippen molar-refractivity contribution >= 4 is 41.2 Å². The van der Waals surface area contributed by atoms with Crippen molar-refractivity contribution in [2.75, 3.05) is 5.75 Å². The minimum atomic E-state index is 0.0861. The van der Waals surface area contributed by atoms with Gasteiger partial charge in [0.15, 0.2) is 8.29 Å². The highest BCUT2D eigenvalue weighted by Gasteiger charge is 2.53. The molecule has 4 nitrogen and oxygen atoms in total. The fourth-order valence-electron chi connectivity index (χ4n) is 3.40. The number of benzene rings is 1. The van der Waals surface area contributed by atoms with Crippen molar-refractivity contribution in [2.45, 2.75) is 29.1 Å². The Balaban J connectivity index is 1.35. The maximum absolute atomic E-state index is 12.1. The number of nitrogens with one attached hydrogen (secondary N) is 2. The van der Waals surface area contributed by atoms with Crippen LogP contribution in [0.5, 0.6) is 0 Å². The van der Waals surface area contributed by atoms with Crippen LogP contribution in [0.15, 0.2) is 28.6 Å². The van der Waals surface area contributed by atoms with Crippen LogP contribution in [0, 0.1) is 9.87 Å². The number of thioether (sulfide) groups is 1. The Hall–Kier alpha value is -1.18. The zero-order valence-corrected chi connectivity index (χ0v) is 14.2. The van der Waals surface area contributed by atoms with Crippen molar-refractivity contribution in [2.24, 2.45) is 5.92 Å². The van der Waals surface area contributed by atoms with Crippen molar-refractivity contribution in [1.29, 1.82) is 0 Å². The molecule has 22 heavy (non-hydrogen) atoms. The molecule has 0 spiro atoms. The van der Waals surface area contributed by atoms with Gasteiger partial charge in [0.1, 0.15) is 0 Å². The number of amides is 1. The van der Waals surface area contributed by atoms with Gasteiger partial charge in [-0.1, -0.05) is 47.4 Å².